The summed E-state index contributed by atoms with van der Waals surface area (Å²) in [5, 5.41) is 0. The SMILES string of the molecule is CCCCn1c(=O)c2c(nc3n2CCCN3c2ccc(C)c(C)c2)n(C)c1=O. The third-order valence-corrected chi connectivity index (χ3v) is 5.75. The van der Waals surface area contributed by atoms with Crippen molar-refractivity contribution < 1.29 is 0 Å². The van der Waals surface area contributed by atoms with Crippen molar-refractivity contribution in [2.75, 3.05) is 11.4 Å². The Morgan fingerprint density at radius 3 is 2.61 bits per heavy atom. The molecule has 4 rings (SSSR count). The van der Waals surface area contributed by atoms with E-state index in [4.69, 9.17) is 4.98 Å². The molecule has 0 aliphatic carbocycles. The fraction of sp³-hybridized carbons (Fsp3) is 0.476. The van der Waals surface area contributed by atoms with E-state index >= 15 is 0 Å². The van der Waals surface area contributed by atoms with Gasteiger partial charge in [0.2, 0.25) is 5.95 Å². The number of benzene rings is 1. The van der Waals surface area contributed by atoms with Crippen molar-refractivity contribution in [3.8, 4) is 0 Å². The van der Waals surface area contributed by atoms with E-state index in [9.17, 15) is 9.59 Å². The van der Waals surface area contributed by atoms with Crippen LogP contribution in [0.5, 0.6) is 0 Å². The lowest BCUT2D eigenvalue weighted by atomic mass is 10.1. The van der Waals surface area contributed by atoms with Crippen molar-refractivity contribution in [1.29, 1.82) is 0 Å². The number of aromatic nitrogens is 4. The fourth-order valence-electron chi connectivity index (χ4n) is 3.92. The van der Waals surface area contributed by atoms with E-state index in [1.165, 1.54) is 20.3 Å². The minimum atomic E-state index is -0.292. The van der Waals surface area contributed by atoms with Gasteiger partial charge >= 0.3 is 5.69 Å². The second-order valence-electron chi connectivity index (χ2n) is 7.66. The van der Waals surface area contributed by atoms with Gasteiger partial charge in [0.1, 0.15) is 0 Å². The molecule has 0 N–H and O–H groups in total. The van der Waals surface area contributed by atoms with E-state index in [2.05, 4.69) is 43.9 Å². The van der Waals surface area contributed by atoms with Gasteiger partial charge in [0.05, 0.1) is 0 Å². The average molecular weight is 381 g/mol. The number of nitrogens with zero attached hydrogens (tertiary/aromatic N) is 5. The molecule has 0 unspecified atom stereocenters. The summed E-state index contributed by atoms with van der Waals surface area (Å²) in [6.45, 7) is 8.26. The van der Waals surface area contributed by atoms with Gasteiger partial charge in [-0.2, -0.15) is 4.98 Å². The predicted octanol–water partition coefficient (Wildman–Crippen LogP) is 2.86. The van der Waals surface area contributed by atoms with Crippen LogP contribution in [-0.4, -0.2) is 25.2 Å². The number of hydrogen-bond acceptors (Lipinski definition) is 4. The van der Waals surface area contributed by atoms with E-state index in [0.717, 1.165) is 44.0 Å². The van der Waals surface area contributed by atoms with Crippen LogP contribution in [0.1, 0.15) is 37.3 Å². The molecule has 2 aromatic heterocycles. The minimum absolute atomic E-state index is 0.229. The van der Waals surface area contributed by atoms with Crippen molar-refractivity contribution in [2.45, 2.75) is 53.1 Å². The van der Waals surface area contributed by atoms with E-state index in [0.29, 0.717) is 17.7 Å². The zero-order valence-corrected chi connectivity index (χ0v) is 17.0. The molecule has 148 valence electrons. The monoisotopic (exact) mass is 381 g/mol. The number of unbranched alkanes of at least 4 members (excludes halogenated alkanes) is 1. The summed E-state index contributed by atoms with van der Waals surface area (Å²) in [5.74, 6) is 0.741. The van der Waals surface area contributed by atoms with Crippen LogP contribution >= 0.6 is 0 Å². The molecular weight excluding hydrogens is 354 g/mol. The number of hydrogen-bond donors (Lipinski definition) is 0. The maximum atomic E-state index is 13.2. The van der Waals surface area contributed by atoms with Crippen molar-refractivity contribution in [3.05, 3.63) is 50.2 Å². The van der Waals surface area contributed by atoms with Crippen LogP contribution in [0, 0.1) is 13.8 Å². The smallest absolute Gasteiger partial charge is 0.312 e. The van der Waals surface area contributed by atoms with Crippen LogP contribution in [0.3, 0.4) is 0 Å². The quantitative estimate of drug-likeness (QED) is 0.697. The molecule has 0 saturated carbocycles. The lowest BCUT2D eigenvalue weighted by molar-refractivity contribution is 0.560. The first-order valence-electron chi connectivity index (χ1n) is 9.99. The van der Waals surface area contributed by atoms with Gasteiger partial charge in [0.25, 0.3) is 5.56 Å². The van der Waals surface area contributed by atoms with Crippen LogP contribution in [0.15, 0.2) is 27.8 Å². The normalized spacial score (nSPS) is 13.9. The third kappa shape index (κ3) is 2.77. The number of anilines is 2. The Morgan fingerprint density at radius 2 is 1.89 bits per heavy atom. The Balaban J connectivity index is 1.94. The Morgan fingerprint density at radius 1 is 1.11 bits per heavy atom. The number of rotatable bonds is 4. The maximum Gasteiger partial charge on any atom is 0.332 e. The highest BCUT2D eigenvalue weighted by Crippen LogP contribution is 2.31. The number of fused-ring (bicyclic) bond motifs is 3. The summed E-state index contributed by atoms with van der Waals surface area (Å²) < 4.78 is 4.85. The third-order valence-electron chi connectivity index (χ3n) is 5.75. The van der Waals surface area contributed by atoms with Crippen molar-refractivity contribution >= 4 is 22.8 Å². The van der Waals surface area contributed by atoms with Gasteiger partial charge in [-0.05, 0) is 49.9 Å². The summed E-state index contributed by atoms with van der Waals surface area (Å²) in [5.41, 5.74) is 4.01. The zero-order valence-electron chi connectivity index (χ0n) is 17.0. The van der Waals surface area contributed by atoms with Gasteiger partial charge in [-0.1, -0.05) is 19.4 Å². The van der Waals surface area contributed by atoms with E-state index in [-0.39, 0.29) is 11.2 Å². The zero-order chi connectivity index (χ0) is 20.0. The molecule has 0 amide bonds. The molecule has 0 fully saturated rings. The number of imidazole rings is 1. The van der Waals surface area contributed by atoms with Crippen molar-refractivity contribution in [3.63, 3.8) is 0 Å². The standard InChI is InChI=1S/C21H27N5O2/c1-5-6-10-26-19(27)17-18(23(4)21(26)28)22-20-24(11-7-12-25(17)20)16-9-8-14(2)15(3)13-16/h8-9,13H,5-7,10-12H2,1-4H3. The molecule has 28 heavy (non-hydrogen) atoms. The van der Waals surface area contributed by atoms with Gasteiger partial charge < -0.3 is 9.47 Å². The highest BCUT2D eigenvalue weighted by molar-refractivity contribution is 5.77. The molecule has 0 spiro atoms. The van der Waals surface area contributed by atoms with E-state index < -0.39 is 0 Å². The molecule has 1 aliphatic rings. The highest BCUT2D eigenvalue weighted by atomic mass is 16.2. The highest BCUT2D eigenvalue weighted by Gasteiger charge is 2.27. The first kappa shape index (κ1) is 18.5. The largest absolute Gasteiger partial charge is 0.332 e. The molecule has 0 saturated heterocycles. The lowest BCUT2D eigenvalue weighted by Gasteiger charge is -2.29. The molecular formula is C21H27N5O2. The molecule has 0 radical (unpaired) electrons. The second-order valence-corrected chi connectivity index (χ2v) is 7.66. The maximum absolute atomic E-state index is 13.2. The van der Waals surface area contributed by atoms with E-state index in [1.807, 2.05) is 4.57 Å². The molecule has 7 heteroatoms. The van der Waals surface area contributed by atoms with Crippen LogP contribution in [0.2, 0.25) is 0 Å². The van der Waals surface area contributed by atoms with Crippen LogP contribution in [0.25, 0.3) is 11.2 Å². The van der Waals surface area contributed by atoms with Crippen molar-refractivity contribution in [1.82, 2.24) is 18.7 Å². The summed E-state index contributed by atoms with van der Waals surface area (Å²) in [6, 6.07) is 6.36. The summed E-state index contributed by atoms with van der Waals surface area (Å²) in [6.07, 6.45) is 2.65. The average Bonchev–Trinajstić information content (AvgIpc) is 3.08. The van der Waals surface area contributed by atoms with Crippen LogP contribution in [0.4, 0.5) is 11.6 Å². The first-order chi connectivity index (χ1) is 13.4. The Labute approximate surface area is 163 Å². The lowest BCUT2D eigenvalue weighted by Crippen LogP contribution is -2.40. The fourth-order valence-corrected chi connectivity index (χ4v) is 3.92. The second kappa shape index (κ2) is 6.96. The van der Waals surface area contributed by atoms with E-state index in [1.54, 1.807) is 7.05 Å². The molecule has 3 heterocycles. The molecule has 0 atom stereocenters. The summed E-state index contributed by atoms with van der Waals surface area (Å²) in [4.78, 5) is 32.8. The van der Waals surface area contributed by atoms with Gasteiger partial charge in [-0.15, -0.1) is 0 Å². The first-order valence-corrected chi connectivity index (χ1v) is 9.99. The molecule has 1 aromatic carbocycles. The minimum Gasteiger partial charge on any atom is -0.312 e. The van der Waals surface area contributed by atoms with Crippen molar-refractivity contribution in [2.24, 2.45) is 7.05 Å². The summed E-state index contributed by atoms with van der Waals surface area (Å²) >= 11 is 0. The Hall–Kier alpha value is -2.83. The van der Waals surface area contributed by atoms with Gasteiger partial charge in [-0.25, -0.2) is 4.79 Å². The summed E-state index contributed by atoms with van der Waals surface area (Å²) in [7, 11) is 1.70. The molecule has 7 nitrogen and oxygen atoms in total. The molecule has 3 aromatic rings. The predicted molar refractivity (Wildman–Crippen MR) is 112 cm³/mol. The molecule has 1 aliphatic heterocycles. The van der Waals surface area contributed by atoms with Crippen LogP contribution in [-0.2, 0) is 20.1 Å². The number of aryl methyl sites for hydroxylation is 4. The topological polar surface area (TPSA) is 65.1 Å². The van der Waals surface area contributed by atoms with Gasteiger partial charge in [0.15, 0.2) is 11.2 Å². The van der Waals surface area contributed by atoms with Gasteiger partial charge in [0, 0.05) is 32.4 Å². The van der Waals surface area contributed by atoms with Gasteiger partial charge in [-0.3, -0.25) is 13.9 Å². The van der Waals surface area contributed by atoms with Crippen LogP contribution < -0.4 is 16.1 Å². The molecule has 0 bridgehead atoms. The Bertz CT molecular complexity index is 1170. The Kier molecular flexibility index (Phi) is 4.61.